The van der Waals surface area contributed by atoms with Gasteiger partial charge in [-0.25, -0.2) is 9.59 Å². The predicted octanol–water partition coefficient (Wildman–Crippen LogP) is 2.79. The van der Waals surface area contributed by atoms with Gasteiger partial charge < -0.3 is 25.4 Å². The van der Waals surface area contributed by atoms with E-state index in [9.17, 15) is 39.4 Å². The molecule has 0 spiro atoms. The number of nitrogens with two attached hydrogens (primary N) is 1. The van der Waals surface area contributed by atoms with E-state index >= 15 is 0 Å². The highest BCUT2D eigenvalue weighted by Gasteiger charge is 2.37. The molecular formula is C26H29N5O10S. The van der Waals surface area contributed by atoms with Gasteiger partial charge in [-0.3, -0.25) is 29.8 Å². The number of ether oxygens (including phenoxy) is 2. The van der Waals surface area contributed by atoms with E-state index in [0.717, 1.165) is 11.8 Å². The number of hydrogen-bond donors (Lipinski definition) is 2. The number of hydrogen-bond acceptors (Lipinski definition) is 12. The first-order valence-corrected chi connectivity index (χ1v) is 13.6. The van der Waals surface area contributed by atoms with Crippen LogP contribution in [0.2, 0.25) is 0 Å². The molecule has 0 radical (unpaired) electrons. The Kier molecular flexibility index (Phi) is 11.3. The average Bonchev–Trinajstić information content (AvgIpc) is 3.35. The van der Waals surface area contributed by atoms with Crippen LogP contribution in [-0.2, 0) is 37.1 Å². The molecule has 0 bridgehead atoms. The second kappa shape index (κ2) is 14.9. The number of carbonyl (C=O) groups excluding carboxylic acids is 4. The van der Waals surface area contributed by atoms with Crippen LogP contribution in [0.3, 0.4) is 0 Å². The molecular weight excluding hydrogens is 574 g/mol. The highest BCUT2D eigenvalue weighted by Crippen LogP contribution is 2.31. The Labute approximate surface area is 244 Å². The molecule has 16 heteroatoms. The lowest BCUT2D eigenvalue weighted by Crippen LogP contribution is -2.48. The molecule has 2 aromatic rings. The van der Waals surface area contributed by atoms with Crippen molar-refractivity contribution < 1.29 is 38.5 Å². The molecule has 3 atom stereocenters. The number of non-ortho nitro benzene ring substituents is 2. The summed E-state index contributed by atoms with van der Waals surface area (Å²) in [4.78, 5) is 71.1. The van der Waals surface area contributed by atoms with Crippen LogP contribution < -0.4 is 11.1 Å². The van der Waals surface area contributed by atoms with Gasteiger partial charge in [0.25, 0.3) is 11.4 Å². The summed E-state index contributed by atoms with van der Waals surface area (Å²) < 4.78 is 10.5. The minimum Gasteiger partial charge on any atom is -0.458 e. The number of nitro groups is 2. The molecule has 2 amide bonds. The number of nitro benzene ring substituents is 2. The van der Waals surface area contributed by atoms with Crippen molar-refractivity contribution in [3.8, 4) is 0 Å². The summed E-state index contributed by atoms with van der Waals surface area (Å²) in [5, 5.41) is 23.6. The van der Waals surface area contributed by atoms with Gasteiger partial charge in [0.2, 0.25) is 5.91 Å². The Morgan fingerprint density at radius 3 is 2.00 bits per heavy atom. The van der Waals surface area contributed by atoms with Crippen LogP contribution in [0.15, 0.2) is 48.5 Å². The van der Waals surface area contributed by atoms with Crippen molar-refractivity contribution in [1.82, 2.24) is 10.2 Å². The van der Waals surface area contributed by atoms with Gasteiger partial charge in [-0.2, -0.15) is 0 Å². The third kappa shape index (κ3) is 9.52. The minimum atomic E-state index is -1.46. The number of benzene rings is 2. The van der Waals surface area contributed by atoms with E-state index in [0.29, 0.717) is 17.5 Å². The molecule has 3 N–H and O–H groups in total. The second-order valence-electron chi connectivity index (χ2n) is 9.37. The normalized spacial score (nSPS) is 16.8. The number of rotatable bonds is 12. The lowest BCUT2D eigenvalue weighted by molar-refractivity contribution is -0.385. The summed E-state index contributed by atoms with van der Waals surface area (Å²) in [5.74, 6) is -1.46. The summed E-state index contributed by atoms with van der Waals surface area (Å²) in [5.41, 5.74) is 6.58. The first-order chi connectivity index (χ1) is 19.9. The highest BCUT2D eigenvalue weighted by molar-refractivity contribution is 8.14. The van der Waals surface area contributed by atoms with Crippen molar-refractivity contribution in [3.63, 3.8) is 0 Å². The molecule has 1 fully saturated rings. The molecule has 42 heavy (non-hydrogen) atoms. The van der Waals surface area contributed by atoms with E-state index in [-0.39, 0.29) is 54.3 Å². The molecule has 3 rings (SSSR count). The van der Waals surface area contributed by atoms with Gasteiger partial charge in [-0.1, -0.05) is 11.8 Å². The van der Waals surface area contributed by atoms with E-state index < -0.39 is 40.0 Å². The molecule has 15 nitrogen and oxygen atoms in total. The molecule has 1 unspecified atom stereocenters. The zero-order valence-electron chi connectivity index (χ0n) is 22.5. The van der Waals surface area contributed by atoms with Crippen molar-refractivity contribution in [2.24, 2.45) is 5.73 Å². The van der Waals surface area contributed by atoms with E-state index in [1.807, 2.05) is 0 Å². The smallest absolute Gasteiger partial charge is 0.410 e. The lowest BCUT2D eigenvalue weighted by Gasteiger charge is -2.24. The van der Waals surface area contributed by atoms with Crippen molar-refractivity contribution in [2.75, 3.05) is 6.54 Å². The second-order valence-corrected chi connectivity index (χ2v) is 10.8. The Hall–Kier alpha value is -4.57. The molecule has 1 heterocycles. The van der Waals surface area contributed by atoms with Crippen LogP contribution in [0.4, 0.5) is 16.2 Å². The van der Waals surface area contributed by atoms with Gasteiger partial charge in [0.05, 0.1) is 9.85 Å². The summed E-state index contributed by atoms with van der Waals surface area (Å²) in [6, 6.07) is 10.5. The number of nitrogens with zero attached hydrogens (tertiary/aromatic N) is 3. The number of nitrogens with one attached hydrogen (secondary N) is 1. The fourth-order valence-corrected chi connectivity index (χ4v) is 5.22. The molecule has 0 aliphatic carbocycles. The van der Waals surface area contributed by atoms with Gasteiger partial charge >= 0.3 is 12.1 Å². The van der Waals surface area contributed by atoms with E-state index in [2.05, 4.69) is 5.32 Å². The average molecular weight is 604 g/mol. The molecule has 1 aliphatic rings. The number of amides is 2. The first kappa shape index (κ1) is 32.0. The quantitative estimate of drug-likeness (QED) is 0.155. The third-order valence-corrected chi connectivity index (χ3v) is 7.26. The minimum absolute atomic E-state index is 0.0857. The van der Waals surface area contributed by atoms with Gasteiger partial charge in [-0.15, -0.1) is 0 Å². The highest BCUT2D eigenvalue weighted by atomic mass is 32.2. The lowest BCUT2D eigenvalue weighted by atomic mass is 10.1. The first-order valence-electron chi connectivity index (χ1n) is 12.7. The summed E-state index contributed by atoms with van der Waals surface area (Å²) in [7, 11) is 0. The number of thioether (sulfide) groups is 1. The van der Waals surface area contributed by atoms with Crippen molar-refractivity contribution in [2.45, 2.75) is 56.9 Å². The van der Waals surface area contributed by atoms with E-state index in [1.54, 1.807) is 0 Å². The Balaban J connectivity index is 1.49. The molecule has 0 aromatic heterocycles. The maximum Gasteiger partial charge on any atom is 0.410 e. The number of likely N-dealkylation sites (tertiary alicyclic amines) is 1. The van der Waals surface area contributed by atoms with Crippen molar-refractivity contribution >= 4 is 46.2 Å². The van der Waals surface area contributed by atoms with Gasteiger partial charge in [-0.05, 0) is 48.2 Å². The van der Waals surface area contributed by atoms with Gasteiger partial charge in [0.15, 0.2) is 11.3 Å². The van der Waals surface area contributed by atoms with Crippen molar-refractivity contribution in [1.29, 1.82) is 0 Å². The fourth-order valence-electron chi connectivity index (χ4n) is 4.19. The maximum atomic E-state index is 12.9. The topological polar surface area (TPSA) is 214 Å². The molecule has 0 saturated carbocycles. The Bertz CT molecular complexity index is 1320. The summed E-state index contributed by atoms with van der Waals surface area (Å²) in [6.45, 7) is 1.32. The Morgan fingerprint density at radius 1 is 0.976 bits per heavy atom. The molecule has 2 aromatic carbocycles. The van der Waals surface area contributed by atoms with Gasteiger partial charge in [0, 0.05) is 55.4 Å². The molecule has 224 valence electrons. The van der Waals surface area contributed by atoms with Gasteiger partial charge in [0.1, 0.15) is 13.2 Å². The Morgan fingerprint density at radius 2 is 1.50 bits per heavy atom. The standard InChI is InChI=1S/C26H29N5O10S/c1-16(32)42-22-12-21(29(13-22)26(35)41-15-18-4-8-20(9-5-18)31(38)39)10-11-23(33)28-24(27)25(34)40-14-17-2-6-19(7-3-17)30(36)37/h2-9,21-22,24H,10-15,27H2,1H3,(H,28,33)/t21-,22-,24?/m0/s1. The van der Waals surface area contributed by atoms with Crippen LogP contribution in [0.25, 0.3) is 0 Å². The monoisotopic (exact) mass is 603 g/mol. The molecule has 1 aliphatic heterocycles. The van der Waals surface area contributed by atoms with Crippen molar-refractivity contribution in [3.05, 3.63) is 79.9 Å². The fraction of sp³-hybridized carbons (Fsp3) is 0.385. The largest absolute Gasteiger partial charge is 0.458 e. The van der Waals surface area contributed by atoms with Crippen LogP contribution in [0, 0.1) is 20.2 Å². The van der Waals surface area contributed by atoms with Crippen LogP contribution >= 0.6 is 11.8 Å². The number of carbonyl (C=O) groups is 4. The van der Waals surface area contributed by atoms with Crippen LogP contribution in [-0.4, -0.2) is 61.8 Å². The SMILES string of the molecule is CC(=O)S[C@H]1C[C@H](CCC(=O)NC(N)C(=O)OCc2ccc([N+](=O)[O-])cc2)N(C(=O)OCc2ccc([N+](=O)[O-])cc2)C1. The predicted molar refractivity (Wildman–Crippen MR) is 149 cm³/mol. The zero-order chi connectivity index (χ0) is 30.8. The third-order valence-electron chi connectivity index (χ3n) is 6.26. The van der Waals surface area contributed by atoms with Crippen LogP contribution in [0.5, 0.6) is 0 Å². The summed E-state index contributed by atoms with van der Waals surface area (Å²) in [6.07, 6.45) is -1.55. The zero-order valence-corrected chi connectivity index (χ0v) is 23.3. The summed E-state index contributed by atoms with van der Waals surface area (Å²) >= 11 is 1.09. The molecule has 1 saturated heterocycles. The van der Waals surface area contributed by atoms with E-state index in [1.165, 1.54) is 60.4 Å². The number of esters is 1. The van der Waals surface area contributed by atoms with Crippen LogP contribution in [0.1, 0.15) is 37.3 Å². The maximum absolute atomic E-state index is 12.9. The van der Waals surface area contributed by atoms with E-state index in [4.69, 9.17) is 15.2 Å².